The molecule has 0 saturated carbocycles. The molecule has 1 aromatic carbocycles. The minimum absolute atomic E-state index is 0.835. The van der Waals surface area contributed by atoms with E-state index >= 15 is 0 Å². The fourth-order valence-corrected chi connectivity index (χ4v) is 1.51. The molecule has 0 aliphatic carbocycles. The smallest absolute Gasteiger partial charge is 0.133 e. The first kappa shape index (κ1) is 8.88. The van der Waals surface area contributed by atoms with Gasteiger partial charge in [0.15, 0.2) is 0 Å². The second-order valence-corrected chi connectivity index (χ2v) is 3.24. The molecular weight excluding hydrogens is 174 g/mol. The van der Waals surface area contributed by atoms with Gasteiger partial charge in [-0.15, -0.1) is 0 Å². The molecule has 2 N–H and O–H groups in total. The Kier molecular flexibility index (Phi) is 2.27. The van der Waals surface area contributed by atoms with Crippen LogP contribution < -0.4 is 5.73 Å². The van der Waals surface area contributed by atoms with Crippen molar-refractivity contribution in [2.24, 2.45) is 0 Å². The zero-order chi connectivity index (χ0) is 9.97. The molecule has 72 valence electrons. The third kappa shape index (κ3) is 1.51. The van der Waals surface area contributed by atoms with Gasteiger partial charge in [0.1, 0.15) is 5.76 Å². The molecule has 0 amide bonds. The molecule has 2 heteroatoms. The van der Waals surface area contributed by atoms with Crippen LogP contribution in [0.3, 0.4) is 0 Å². The first-order valence-electron chi connectivity index (χ1n) is 4.73. The molecule has 2 nitrogen and oxygen atoms in total. The topological polar surface area (TPSA) is 39.2 Å². The average molecular weight is 187 g/mol. The summed E-state index contributed by atoms with van der Waals surface area (Å²) in [6.45, 7) is 2.10. The summed E-state index contributed by atoms with van der Waals surface area (Å²) in [6, 6.07) is 9.85. The number of furan rings is 1. The van der Waals surface area contributed by atoms with Crippen molar-refractivity contribution < 1.29 is 4.42 Å². The summed E-state index contributed by atoms with van der Waals surface area (Å²) in [6.07, 6.45) is 2.63. The Hall–Kier alpha value is -1.70. The van der Waals surface area contributed by atoms with E-state index in [9.17, 15) is 0 Å². The summed E-state index contributed by atoms with van der Waals surface area (Å²) in [4.78, 5) is 0. The summed E-state index contributed by atoms with van der Waals surface area (Å²) in [5.41, 5.74) is 8.94. The monoisotopic (exact) mass is 187 g/mol. The van der Waals surface area contributed by atoms with Crippen LogP contribution >= 0.6 is 0 Å². The Labute approximate surface area is 83.4 Å². The quantitative estimate of drug-likeness (QED) is 0.734. The van der Waals surface area contributed by atoms with Gasteiger partial charge in [-0.25, -0.2) is 0 Å². The normalized spacial score (nSPS) is 10.4. The van der Waals surface area contributed by atoms with Gasteiger partial charge < -0.3 is 10.2 Å². The highest BCUT2D eigenvalue weighted by Crippen LogP contribution is 2.24. The molecule has 0 bridgehead atoms. The largest absolute Gasteiger partial charge is 0.464 e. The van der Waals surface area contributed by atoms with Crippen molar-refractivity contribution in [1.29, 1.82) is 0 Å². The van der Waals surface area contributed by atoms with Crippen molar-refractivity contribution >= 4 is 5.69 Å². The molecule has 14 heavy (non-hydrogen) atoms. The number of hydrogen-bond donors (Lipinski definition) is 1. The van der Waals surface area contributed by atoms with E-state index in [0.29, 0.717) is 0 Å². The fraction of sp³-hybridized carbons (Fsp3) is 0.167. The minimum Gasteiger partial charge on any atom is -0.464 e. The lowest BCUT2D eigenvalue weighted by Crippen LogP contribution is -1.92. The fourth-order valence-electron chi connectivity index (χ4n) is 1.51. The van der Waals surface area contributed by atoms with Gasteiger partial charge in [0, 0.05) is 11.3 Å². The van der Waals surface area contributed by atoms with Crippen molar-refractivity contribution in [3.63, 3.8) is 0 Å². The van der Waals surface area contributed by atoms with Crippen molar-refractivity contribution in [3.05, 3.63) is 42.2 Å². The van der Waals surface area contributed by atoms with Crippen molar-refractivity contribution in [2.45, 2.75) is 13.3 Å². The predicted molar refractivity (Wildman–Crippen MR) is 57.9 cm³/mol. The van der Waals surface area contributed by atoms with E-state index in [4.69, 9.17) is 10.2 Å². The molecule has 2 rings (SSSR count). The standard InChI is InChI=1S/C12H13NO/c1-2-9-5-6-10(8-11(9)13)12-4-3-7-14-12/h3-8H,2,13H2,1H3. The van der Waals surface area contributed by atoms with E-state index in [-0.39, 0.29) is 0 Å². The van der Waals surface area contributed by atoms with Crippen LogP contribution in [-0.2, 0) is 6.42 Å². The van der Waals surface area contributed by atoms with Crippen LogP contribution in [0.5, 0.6) is 0 Å². The van der Waals surface area contributed by atoms with E-state index in [0.717, 1.165) is 23.4 Å². The zero-order valence-electron chi connectivity index (χ0n) is 8.16. The number of aryl methyl sites for hydroxylation is 1. The Morgan fingerprint density at radius 2 is 2.14 bits per heavy atom. The van der Waals surface area contributed by atoms with Crippen LogP contribution in [0.15, 0.2) is 41.0 Å². The lowest BCUT2D eigenvalue weighted by atomic mass is 10.1. The summed E-state index contributed by atoms with van der Waals surface area (Å²) in [7, 11) is 0. The number of anilines is 1. The van der Waals surface area contributed by atoms with E-state index in [1.54, 1.807) is 6.26 Å². The molecule has 0 aliphatic rings. The first-order chi connectivity index (χ1) is 6.81. The second kappa shape index (κ2) is 3.58. The zero-order valence-corrected chi connectivity index (χ0v) is 8.16. The van der Waals surface area contributed by atoms with Gasteiger partial charge in [-0.05, 0) is 30.2 Å². The minimum atomic E-state index is 0.835. The molecule has 0 spiro atoms. The summed E-state index contributed by atoms with van der Waals surface area (Å²) >= 11 is 0. The molecule has 0 fully saturated rings. The molecule has 1 heterocycles. The lowest BCUT2D eigenvalue weighted by Gasteiger charge is -2.04. The summed E-state index contributed by atoms with van der Waals surface area (Å²) in [5, 5.41) is 0. The van der Waals surface area contributed by atoms with E-state index in [1.165, 1.54) is 5.56 Å². The third-order valence-electron chi connectivity index (χ3n) is 2.33. The molecule has 0 atom stereocenters. The van der Waals surface area contributed by atoms with Crippen LogP contribution in [-0.4, -0.2) is 0 Å². The van der Waals surface area contributed by atoms with Gasteiger partial charge in [0.2, 0.25) is 0 Å². The number of nitrogen functional groups attached to an aromatic ring is 1. The van der Waals surface area contributed by atoms with Gasteiger partial charge in [0.05, 0.1) is 6.26 Å². The van der Waals surface area contributed by atoms with Gasteiger partial charge in [-0.3, -0.25) is 0 Å². The molecule has 0 unspecified atom stereocenters. The molecule has 0 radical (unpaired) electrons. The third-order valence-corrected chi connectivity index (χ3v) is 2.33. The molecule has 0 aliphatic heterocycles. The highest BCUT2D eigenvalue weighted by Gasteiger charge is 2.02. The van der Waals surface area contributed by atoms with E-state index < -0.39 is 0 Å². The van der Waals surface area contributed by atoms with Crippen LogP contribution in [0.1, 0.15) is 12.5 Å². The number of nitrogens with two attached hydrogens (primary N) is 1. The van der Waals surface area contributed by atoms with Crippen molar-refractivity contribution in [1.82, 2.24) is 0 Å². The molecule has 0 saturated heterocycles. The number of hydrogen-bond acceptors (Lipinski definition) is 2. The Morgan fingerprint density at radius 1 is 1.29 bits per heavy atom. The first-order valence-corrected chi connectivity index (χ1v) is 4.73. The van der Waals surface area contributed by atoms with Gasteiger partial charge in [-0.2, -0.15) is 0 Å². The van der Waals surface area contributed by atoms with Gasteiger partial charge in [-0.1, -0.05) is 19.1 Å². The Morgan fingerprint density at radius 3 is 2.71 bits per heavy atom. The lowest BCUT2D eigenvalue weighted by molar-refractivity contribution is 0.582. The van der Waals surface area contributed by atoms with Gasteiger partial charge in [0.25, 0.3) is 0 Å². The molecule has 2 aromatic rings. The van der Waals surface area contributed by atoms with Crippen LogP contribution in [0.2, 0.25) is 0 Å². The number of rotatable bonds is 2. The van der Waals surface area contributed by atoms with Crippen molar-refractivity contribution in [3.8, 4) is 11.3 Å². The maximum absolute atomic E-state index is 5.90. The predicted octanol–water partition coefficient (Wildman–Crippen LogP) is 3.09. The van der Waals surface area contributed by atoms with Crippen LogP contribution in [0, 0.1) is 0 Å². The average Bonchev–Trinajstić information content (AvgIpc) is 2.70. The van der Waals surface area contributed by atoms with E-state index in [2.05, 4.69) is 6.92 Å². The highest BCUT2D eigenvalue weighted by molar-refractivity contribution is 5.65. The second-order valence-electron chi connectivity index (χ2n) is 3.24. The maximum Gasteiger partial charge on any atom is 0.133 e. The van der Waals surface area contributed by atoms with Crippen LogP contribution in [0.4, 0.5) is 5.69 Å². The molecule has 1 aromatic heterocycles. The molecular formula is C12H13NO. The SMILES string of the molecule is CCc1ccc(-c2ccco2)cc1N. The van der Waals surface area contributed by atoms with E-state index in [1.807, 2.05) is 30.3 Å². The van der Waals surface area contributed by atoms with Crippen LogP contribution in [0.25, 0.3) is 11.3 Å². The highest BCUT2D eigenvalue weighted by atomic mass is 16.3. The van der Waals surface area contributed by atoms with Crippen molar-refractivity contribution in [2.75, 3.05) is 5.73 Å². The van der Waals surface area contributed by atoms with Gasteiger partial charge >= 0.3 is 0 Å². The summed E-state index contributed by atoms with van der Waals surface area (Å²) in [5.74, 6) is 0.861. The maximum atomic E-state index is 5.90. The summed E-state index contributed by atoms with van der Waals surface area (Å²) < 4.78 is 5.29. The number of benzene rings is 1. The Balaban J connectivity index is 2.43. The Bertz CT molecular complexity index is 418.